The molecule has 22 heavy (non-hydrogen) atoms. The Hall–Kier alpha value is -1.52. The van der Waals surface area contributed by atoms with Gasteiger partial charge in [-0.3, -0.25) is 4.79 Å². The smallest absolute Gasteiger partial charge is 0.331 e. The van der Waals surface area contributed by atoms with Crippen LogP contribution in [0.25, 0.3) is 6.08 Å². The fourth-order valence-corrected chi connectivity index (χ4v) is 2.08. The summed E-state index contributed by atoms with van der Waals surface area (Å²) >= 11 is 12.0. The molecule has 0 aliphatic rings. The summed E-state index contributed by atoms with van der Waals surface area (Å²) in [6.45, 7) is 7.05. The van der Waals surface area contributed by atoms with Crippen LogP contribution in [0.5, 0.6) is 0 Å². The minimum Gasteiger partial charge on any atom is -0.449 e. The van der Waals surface area contributed by atoms with Crippen molar-refractivity contribution in [3.05, 3.63) is 39.9 Å². The molecule has 0 radical (unpaired) electrons. The Morgan fingerprint density at radius 1 is 1.23 bits per heavy atom. The second-order valence-electron chi connectivity index (χ2n) is 5.79. The second kappa shape index (κ2) is 7.65. The zero-order valence-corrected chi connectivity index (χ0v) is 14.5. The molecule has 0 aliphatic heterocycles. The Labute approximate surface area is 140 Å². The third-order valence-electron chi connectivity index (χ3n) is 2.55. The van der Waals surface area contributed by atoms with Crippen molar-refractivity contribution in [3.63, 3.8) is 0 Å². The highest BCUT2D eigenvalue weighted by atomic mass is 35.5. The molecule has 6 heteroatoms. The van der Waals surface area contributed by atoms with Crippen molar-refractivity contribution >= 4 is 41.2 Å². The van der Waals surface area contributed by atoms with Crippen LogP contribution in [0.4, 0.5) is 0 Å². The standard InChI is InChI=1S/C16H19Cl2NO3/c1-10(15(21)19-16(2,3)4)22-14(20)9-8-11-12(17)6-5-7-13(11)18/h5-10H,1-4H3,(H,19,21)/b9-8+/t10-/m1/s1. The van der Waals surface area contributed by atoms with Crippen LogP contribution < -0.4 is 5.32 Å². The lowest BCUT2D eigenvalue weighted by Crippen LogP contribution is -2.46. The fourth-order valence-electron chi connectivity index (χ4n) is 1.56. The number of rotatable bonds is 4. The molecule has 0 aromatic heterocycles. The van der Waals surface area contributed by atoms with Gasteiger partial charge in [-0.2, -0.15) is 0 Å². The Bertz CT molecular complexity index is 571. The van der Waals surface area contributed by atoms with E-state index in [0.717, 1.165) is 0 Å². The lowest BCUT2D eigenvalue weighted by molar-refractivity contribution is -0.150. The third kappa shape index (κ3) is 6.08. The molecule has 120 valence electrons. The monoisotopic (exact) mass is 343 g/mol. The first-order valence-electron chi connectivity index (χ1n) is 6.75. The van der Waals surface area contributed by atoms with E-state index in [4.69, 9.17) is 27.9 Å². The van der Waals surface area contributed by atoms with Crippen LogP contribution in [-0.4, -0.2) is 23.5 Å². The van der Waals surface area contributed by atoms with E-state index in [1.54, 1.807) is 18.2 Å². The van der Waals surface area contributed by atoms with E-state index in [1.807, 2.05) is 20.8 Å². The van der Waals surface area contributed by atoms with Crippen molar-refractivity contribution in [1.29, 1.82) is 0 Å². The predicted octanol–water partition coefficient (Wildman–Crippen LogP) is 3.85. The molecule has 0 unspecified atom stereocenters. The Balaban J connectivity index is 2.66. The molecular weight excluding hydrogens is 325 g/mol. The molecule has 0 heterocycles. The zero-order chi connectivity index (χ0) is 16.9. The number of esters is 1. The maximum atomic E-state index is 11.8. The molecular formula is C16H19Cl2NO3. The van der Waals surface area contributed by atoms with Gasteiger partial charge in [0.15, 0.2) is 6.10 Å². The van der Waals surface area contributed by atoms with Gasteiger partial charge in [-0.25, -0.2) is 4.79 Å². The van der Waals surface area contributed by atoms with Gasteiger partial charge in [-0.1, -0.05) is 29.3 Å². The molecule has 1 atom stereocenters. The average Bonchev–Trinajstić information content (AvgIpc) is 2.36. The molecule has 1 amide bonds. The van der Waals surface area contributed by atoms with Gasteiger partial charge in [0.05, 0.1) is 0 Å². The maximum Gasteiger partial charge on any atom is 0.331 e. The lowest BCUT2D eigenvalue weighted by atomic mass is 10.1. The number of benzene rings is 1. The first-order valence-corrected chi connectivity index (χ1v) is 7.50. The molecule has 0 saturated carbocycles. The number of ether oxygens (including phenoxy) is 1. The summed E-state index contributed by atoms with van der Waals surface area (Å²) < 4.78 is 5.04. The van der Waals surface area contributed by atoms with Crippen molar-refractivity contribution in [2.75, 3.05) is 0 Å². The Morgan fingerprint density at radius 3 is 2.27 bits per heavy atom. The van der Waals surface area contributed by atoms with Crippen molar-refractivity contribution in [2.45, 2.75) is 39.3 Å². The van der Waals surface area contributed by atoms with E-state index in [-0.39, 0.29) is 5.91 Å². The van der Waals surface area contributed by atoms with Gasteiger partial charge in [0, 0.05) is 27.2 Å². The van der Waals surface area contributed by atoms with Crippen LogP contribution in [0.3, 0.4) is 0 Å². The number of nitrogens with one attached hydrogen (secondary N) is 1. The van der Waals surface area contributed by atoms with E-state index in [9.17, 15) is 9.59 Å². The third-order valence-corrected chi connectivity index (χ3v) is 3.21. The van der Waals surface area contributed by atoms with Gasteiger partial charge in [0.25, 0.3) is 5.91 Å². The van der Waals surface area contributed by atoms with Gasteiger partial charge in [-0.15, -0.1) is 0 Å². The Morgan fingerprint density at radius 2 is 1.77 bits per heavy atom. The van der Waals surface area contributed by atoms with Gasteiger partial charge in [0.1, 0.15) is 0 Å². The van der Waals surface area contributed by atoms with E-state index < -0.39 is 17.6 Å². The summed E-state index contributed by atoms with van der Waals surface area (Å²) in [6.07, 6.45) is 1.76. The molecule has 0 saturated heterocycles. The second-order valence-corrected chi connectivity index (χ2v) is 6.60. The number of halogens is 2. The van der Waals surface area contributed by atoms with Crippen LogP contribution in [-0.2, 0) is 14.3 Å². The number of hydrogen-bond donors (Lipinski definition) is 1. The summed E-state index contributed by atoms with van der Waals surface area (Å²) in [6, 6.07) is 5.04. The molecule has 0 aliphatic carbocycles. The van der Waals surface area contributed by atoms with Crippen LogP contribution in [0.2, 0.25) is 10.0 Å². The molecule has 1 N–H and O–H groups in total. The maximum absolute atomic E-state index is 11.8. The quantitative estimate of drug-likeness (QED) is 0.667. The van der Waals surface area contributed by atoms with Gasteiger partial charge < -0.3 is 10.1 Å². The topological polar surface area (TPSA) is 55.4 Å². The first-order chi connectivity index (χ1) is 10.1. The molecule has 0 spiro atoms. The molecule has 1 rings (SSSR count). The SMILES string of the molecule is C[C@@H](OC(=O)/C=C/c1c(Cl)cccc1Cl)C(=O)NC(C)(C)C. The largest absolute Gasteiger partial charge is 0.449 e. The highest BCUT2D eigenvalue weighted by molar-refractivity contribution is 6.37. The normalized spacial score (nSPS) is 13.0. The lowest BCUT2D eigenvalue weighted by Gasteiger charge is -2.22. The number of carbonyl (C=O) groups is 2. The number of carbonyl (C=O) groups excluding carboxylic acids is 2. The van der Waals surface area contributed by atoms with E-state index in [0.29, 0.717) is 15.6 Å². The highest BCUT2D eigenvalue weighted by Crippen LogP contribution is 2.25. The number of hydrogen-bond acceptors (Lipinski definition) is 3. The van der Waals surface area contributed by atoms with Crippen molar-refractivity contribution in [2.24, 2.45) is 0 Å². The molecule has 0 bridgehead atoms. The molecule has 0 fully saturated rings. The van der Waals surface area contributed by atoms with Gasteiger partial charge in [0.2, 0.25) is 0 Å². The zero-order valence-electron chi connectivity index (χ0n) is 12.9. The molecule has 1 aromatic carbocycles. The fraction of sp³-hybridized carbons (Fsp3) is 0.375. The summed E-state index contributed by atoms with van der Waals surface area (Å²) in [5.41, 5.74) is 0.133. The first kappa shape index (κ1) is 18.5. The summed E-state index contributed by atoms with van der Waals surface area (Å²) in [5, 5.41) is 3.59. The van der Waals surface area contributed by atoms with Crippen LogP contribution in [0, 0.1) is 0 Å². The minimum absolute atomic E-state index is 0.356. The van der Waals surface area contributed by atoms with Gasteiger partial charge in [-0.05, 0) is 45.9 Å². The average molecular weight is 344 g/mol. The van der Waals surface area contributed by atoms with Gasteiger partial charge >= 0.3 is 5.97 Å². The summed E-state index contributed by atoms with van der Waals surface area (Å²) in [7, 11) is 0. The highest BCUT2D eigenvalue weighted by Gasteiger charge is 2.21. The van der Waals surface area contributed by atoms with Crippen LogP contribution >= 0.6 is 23.2 Å². The van der Waals surface area contributed by atoms with Crippen LogP contribution in [0.15, 0.2) is 24.3 Å². The van der Waals surface area contributed by atoms with Crippen LogP contribution in [0.1, 0.15) is 33.3 Å². The van der Waals surface area contributed by atoms with E-state index >= 15 is 0 Å². The summed E-state index contributed by atoms with van der Waals surface area (Å²) in [4.78, 5) is 23.6. The molecule has 4 nitrogen and oxygen atoms in total. The number of amides is 1. The van der Waals surface area contributed by atoms with Crippen molar-refractivity contribution < 1.29 is 14.3 Å². The van der Waals surface area contributed by atoms with E-state index in [1.165, 1.54) is 19.1 Å². The van der Waals surface area contributed by atoms with E-state index in [2.05, 4.69) is 5.32 Å². The predicted molar refractivity (Wildman–Crippen MR) is 88.9 cm³/mol. The Kier molecular flexibility index (Phi) is 6.45. The minimum atomic E-state index is -0.891. The molecule has 1 aromatic rings. The van der Waals surface area contributed by atoms with Crippen molar-refractivity contribution in [3.8, 4) is 0 Å². The summed E-state index contributed by atoms with van der Waals surface area (Å²) in [5.74, 6) is -1.00. The van der Waals surface area contributed by atoms with Crippen molar-refractivity contribution in [1.82, 2.24) is 5.32 Å².